The fraction of sp³-hybridized carbons (Fsp3) is 0.167. The van der Waals surface area contributed by atoms with Crippen LogP contribution in [0.2, 0.25) is 5.02 Å². The van der Waals surface area contributed by atoms with Crippen LogP contribution in [0, 0.1) is 6.92 Å². The van der Waals surface area contributed by atoms with Gasteiger partial charge in [0.2, 0.25) is 11.8 Å². The minimum atomic E-state index is -0.402. The van der Waals surface area contributed by atoms with Crippen LogP contribution in [-0.4, -0.2) is 23.3 Å². The van der Waals surface area contributed by atoms with Crippen LogP contribution in [0.3, 0.4) is 0 Å². The number of hydrogen-bond acceptors (Lipinski definition) is 2. The standard InChI is InChI=1S/C24H21ClN2O2/c1-16-6-5-7-17(12-16)13-23(29)27-15-22(28)26-21-11-10-19(25)14-20(21)24(27)18-8-3-2-4-9-18/h2-12,14,24H,13,15H2,1H3,(H,26,28)/t24-/m1/s1. The maximum Gasteiger partial charge on any atom is 0.244 e. The summed E-state index contributed by atoms with van der Waals surface area (Å²) < 4.78 is 0. The van der Waals surface area contributed by atoms with Crippen LogP contribution < -0.4 is 5.32 Å². The van der Waals surface area contributed by atoms with Crippen molar-refractivity contribution in [2.45, 2.75) is 19.4 Å². The van der Waals surface area contributed by atoms with E-state index in [1.807, 2.05) is 67.6 Å². The first kappa shape index (κ1) is 19.2. The van der Waals surface area contributed by atoms with E-state index in [0.717, 1.165) is 22.3 Å². The number of fused-ring (bicyclic) bond motifs is 1. The Bertz CT molecular complexity index is 1070. The van der Waals surface area contributed by atoms with Crippen LogP contribution >= 0.6 is 11.6 Å². The van der Waals surface area contributed by atoms with Gasteiger partial charge in [-0.3, -0.25) is 9.59 Å². The summed E-state index contributed by atoms with van der Waals surface area (Å²) in [6, 6.07) is 22.6. The summed E-state index contributed by atoms with van der Waals surface area (Å²) in [7, 11) is 0. The van der Waals surface area contributed by atoms with Crippen molar-refractivity contribution in [3.8, 4) is 0 Å². The zero-order valence-corrected chi connectivity index (χ0v) is 16.8. The van der Waals surface area contributed by atoms with Crippen LogP contribution in [0.25, 0.3) is 0 Å². The SMILES string of the molecule is Cc1cccc(CC(=O)N2CC(=O)Nc3ccc(Cl)cc3[C@H]2c2ccccc2)c1. The van der Waals surface area contributed by atoms with Crippen molar-refractivity contribution in [1.29, 1.82) is 0 Å². The number of hydrogen-bond donors (Lipinski definition) is 1. The summed E-state index contributed by atoms with van der Waals surface area (Å²) in [5.41, 5.74) is 4.45. The van der Waals surface area contributed by atoms with E-state index in [4.69, 9.17) is 11.6 Å². The number of carbonyl (C=O) groups excluding carboxylic acids is 2. The molecule has 1 N–H and O–H groups in total. The van der Waals surface area contributed by atoms with Crippen molar-refractivity contribution in [3.05, 3.63) is 100 Å². The molecule has 0 saturated carbocycles. The third-order valence-corrected chi connectivity index (χ3v) is 5.32. The number of benzene rings is 3. The highest BCUT2D eigenvalue weighted by Crippen LogP contribution is 2.37. The van der Waals surface area contributed by atoms with Crippen molar-refractivity contribution in [1.82, 2.24) is 4.90 Å². The van der Waals surface area contributed by atoms with Crippen LogP contribution in [0.1, 0.15) is 28.3 Å². The van der Waals surface area contributed by atoms with Crippen molar-refractivity contribution >= 4 is 29.1 Å². The number of rotatable bonds is 3. The molecule has 1 aliphatic heterocycles. The Hall–Kier alpha value is -3.11. The highest BCUT2D eigenvalue weighted by molar-refractivity contribution is 6.30. The number of nitrogens with zero attached hydrogens (tertiary/aromatic N) is 1. The van der Waals surface area contributed by atoms with E-state index in [-0.39, 0.29) is 24.8 Å². The summed E-state index contributed by atoms with van der Waals surface area (Å²) >= 11 is 6.28. The van der Waals surface area contributed by atoms with Gasteiger partial charge in [-0.15, -0.1) is 0 Å². The minimum Gasteiger partial charge on any atom is -0.324 e. The van der Waals surface area contributed by atoms with Gasteiger partial charge in [-0.2, -0.15) is 0 Å². The minimum absolute atomic E-state index is 0.0174. The van der Waals surface area contributed by atoms with Crippen molar-refractivity contribution < 1.29 is 9.59 Å². The second-order valence-electron chi connectivity index (χ2n) is 7.28. The smallest absolute Gasteiger partial charge is 0.244 e. The van der Waals surface area contributed by atoms with Gasteiger partial charge < -0.3 is 10.2 Å². The van der Waals surface area contributed by atoms with Gasteiger partial charge in [0.15, 0.2) is 0 Å². The predicted molar refractivity (Wildman–Crippen MR) is 115 cm³/mol. The topological polar surface area (TPSA) is 49.4 Å². The number of amides is 2. The molecule has 146 valence electrons. The fourth-order valence-electron chi connectivity index (χ4n) is 3.80. The molecular weight excluding hydrogens is 384 g/mol. The molecule has 1 aliphatic rings. The lowest BCUT2D eigenvalue weighted by Gasteiger charge is -2.31. The average Bonchev–Trinajstić information content (AvgIpc) is 2.84. The molecule has 3 aromatic carbocycles. The summed E-state index contributed by atoms with van der Waals surface area (Å²) in [6.07, 6.45) is 0.230. The molecule has 1 heterocycles. The molecule has 0 unspecified atom stereocenters. The number of carbonyl (C=O) groups is 2. The third kappa shape index (κ3) is 4.17. The first-order chi connectivity index (χ1) is 14.0. The Morgan fingerprint density at radius 1 is 1.07 bits per heavy atom. The molecule has 0 fully saturated rings. The molecule has 0 radical (unpaired) electrons. The molecular formula is C24H21ClN2O2. The Morgan fingerprint density at radius 3 is 2.62 bits per heavy atom. The maximum atomic E-state index is 13.4. The van der Waals surface area contributed by atoms with Crippen molar-refractivity contribution in [2.75, 3.05) is 11.9 Å². The lowest BCUT2D eigenvalue weighted by atomic mass is 9.95. The molecule has 4 nitrogen and oxygen atoms in total. The highest BCUT2D eigenvalue weighted by Gasteiger charge is 2.33. The van der Waals surface area contributed by atoms with Crippen LogP contribution in [-0.2, 0) is 16.0 Å². The van der Waals surface area contributed by atoms with Crippen molar-refractivity contribution in [2.24, 2.45) is 0 Å². The van der Waals surface area contributed by atoms with Gasteiger partial charge in [-0.1, -0.05) is 71.8 Å². The molecule has 0 aliphatic carbocycles. The van der Waals surface area contributed by atoms with Gasteiger partial charge >= 0.3 is 0 Å². The first-order valence-electron chi connectivity index (χ1n) is 9.50. The molecule has 2 amide bonds. The molecule has 3 aromatic rings. The zero-order chi connectivity index (χ0) is 20.4. The molecule has 0 aromatic heterocycles. The normalized spacial score (nSPS) is 16.0. The quantitative estimate of drug-likeness (QED) is 0.684. The second kappa shape index (κ2) is 8.10. The Morgan fingerprint density at radius 2 is 1.86 bits per heavy atom. The largest absolute Gasteiger partial charge is 0.324 e. The predicted octanol–water partition coefficient (Wildman–Crippen LogP) is 4.76. The van der Waals surface area contributed by atoms with E-state index in [2.05, 4.69) is 5.32 Å². The number of halogens is 1. The monoisotopic (exact) mass is 404 g/mol. The average molecular weight is 405 g/mol. The highest BCUT2D eigenvalue weighted by atomic mass is 35.5. The van der Waals surface area contributed by atoms with E-state index in [1.54, 1.807) is 17.0 Å². The van der Waals surface area contributed by atoms with Crippen LogP contribution in [0.5, 0.6) is 0 Å². The van der Waals surface area contributed by atoms with Gasteiger partial charge in [-0.05, 0) is 36.2 Å². The van der Waals surface area contributed by atoms with E-state index in [9.17, 15) is 9.59 Å². The van der Waals surface area contributed by atoms with Gasteiger partial charge in [0, 0.05) is 16.3 Å². The molecule has 29 heavy (non-hydrogen) atoms. The Balaban J connectivity index is 1.79. The summed E-state index contributed by atoms with van der Waals surface area (Å²) in [5, 5.41) is 3.48. The Labute approximate surface area is 175 Å². The second-order valence-corrected chi connectivity index (χ2v) is 7.72. The lowest BCUT2D eigenvalue weighted by molar-refractivity contribution is -0.135. The molecule has 0 saturated heterocycles. The van der Waals surface area contributed by atoms with E-state index < -0.39 is 6.04 Å². The zero-order valence-electron chi connectivity index (χ0n) is 16.1. The third-order valence-electron chi connectivity index (χ3n) is 5.08. The van der Waals surface area contributed by atoms with E-state index in [0.29, 0.717) is 10.7 Å². The molecule has 5 heteroatoms. The van der Waals surface area contributed by atoms with Crippen LogP contribution in [0.4, 0.5) is 5.69 Å². The van der Waals surface area contributed by atoms with Crippen molar-refractivity contribution in [3.63, 3.8) is 0 Å². The summed E-state index contributed by atoms with van der Waals surface area (Å²) in [4.78, 5) is 27.6. The Kier molecular flexibility index (Phi) is 5.36. The maximum absolute atomic E-state index is 13.4. The van der Waals surface area contributed by atoms with E-state index >= 15 is 0 Å². The number of nitrogens with one attached hydrogen (secondary N) is 1. The van der Waals surface area contributed by atoms with Crippen LogP contribution in [0.15, 0.2) is 72.8 Å². The molecule has 4 rings (SSSR count). The molecule has 1 atom stereocenters. The van der Waals surface area contributed by atoms with Gasteiger partial charge in [-0.25, -0.2) is 0 Å². The number of anilines is 1. The van der Waals surface area contributed by atoms with E-state index in [1.165, 1.54) is 0 Å². The van der Waals surface area contributed by atoms with Gasteiger partial charge in [0.25, 0.3) is 0 Å². The molecule has 0 spiro atoms. The van der Waals surface area contributed by atoms with Gasteiger partial charge in [0.1, 0.15) is 6.54 Å². The lowest BCUT2D eigenvalue weighted by Crippen LogP contribution is -2.39. The van der Waals surface area contributed by atoms with Gasteiger partial charge in [0.05, 0.1) is 12.5 Å². The summed E-state index contributed by atoms with van der Waals surface area (Å²) in [6.45, 7) is 1.98. The first-order valence-corrected chi connectivity index (χ1v) is 9.88. The summed E-state index contributed by atoms with van der Waals surface area (Å²) in [5.74, 6) is -0.322. The molecule has 0 bridgehead atoms. The fourth-order valence-corrected chi connectivity index (χ4v) is 3.98. The number of aryl methyl sites for hydroxylation is 1.